The second kappa shape index (κ2) is 14.7. The molecule has 2 heterocycles. The Labute approximate surface area is 271 Å². The van der Waals surface area contributed by atoms with E-state index in [0.717, 1.165) is 73.9 Å². The summed E-state index contributed by atoms with van der Waals surface area (Å²) < 4.78 is 71.3. The standard InChI is InChI=1S/C22H24F4N2O2S.C12H17FN2/c1-28-10-4-9-21(13-28,14-5-7-16(23)8-6-14)27-20(29)19-17(30-2)11-15(22(24,25)26)12-18(19)31-3;1-15-8-2-7-12(14,9-15)10-3-5-11(13)6-4-10/h5-8,11-12H,4,9-10,13H2,1-3H3,(H,27,29);3-6H,2,7-9,14H2,1H3. The fourth-order valence-electron chi connectivity index (χ4n) is 6.35. The third kappa shape index (κ3) is 8.39. The first-order valence-corrected chi connectivity index (χ1v) is 16.3. The number of hydrogen-bond donors (Lipinski definition) is 2. The summed E-state index contributed by atoms with van der Waals surface area (Å²) in [5.74, 6) is -1.26. The number of nitrogens with two attached hydrogens (primary N) is 1. The molecule has 0 aromatic heterocycles. The van der Waals surface area contributed by atoms with Crippen LogP contribution in [0.3, 0.4) is 0 Å². The SMILES string of the molecule is CN1CCCC(N)(c2ccc(F)cc2)C1.COc1cc(C(F)(F)F)cc(SC)c1C(=O)NC1(c2ccc(F)cc2)CCCN(C)C1. The van der Waals surface area contributed by atoms with E-state index in [0.29, 0.717) is 13.0 Å². The molecule has 2 aliphatic rings. The molecule has 2 atom stereocenters. The first kappa shape index (κ1) is 35.7. The zero-order valence-electron chi connectivity index (χ0n) is 26.5. The number of thioether (sulfide) groups is 1. The van der Waals surface area contributed by atoms with Crippen LogP contribution in [0.25, 0.3) is 0 Å². The van der Waals surface area contributed by atoms with Crippen molar-refractivity contribution in [3.8, 4) is 5.75 Å². The van der Waals surface area contributed by atoms with Gasteiger partial charge in [-0.2, -0.15) is 13.2 Å². The molecule has 12 heteroatoms. The van der Waals surface area contributed by atoms with Crippen LogP contribution in [0.2, 0.25) is 0 Å². The Kier molecular flexibility index (Phi) is 11.4. The van der Waals surface area contributed by atoms with E-state index in [4.69, 9.17) is 10.5 Å². The molecule has 3 N–H and O–H groups in total. The lowest BCUT2D eigenvalue weighted by molar-refractivity contribution is -0.137. The Balaban J connectivity index is 0.000000266. The van der Waals surface area contributed by atoms with E-state index in [9.17, 15) is 26.7 Å². The average molecular weight is 665 g/mol. The van der Waals surface area contributed by atoms with E-state index in [1.54, 1.807) is 30.5 Å². The van der Waals surface area contributed by atoms with Gasteiger partial charge in [-0.05, 0) is 107 Å². The number of alkyl halides is 3. The quantitative estimate of drug-likeness (QED) is 0.228. The maximum Gasteiger partial charge on any atom is 0.416 e. The number of hydrogen-bond acceptors (Lipinski definition) is 6. The van der Waals surface area contributed by atoms with Crippen molar-refractivity contribution in [2.45, 2.75) is 47.8 Å². The Morgan fingerprint density at radius 2 is 1.43 bits per heavy atom. The van der Waals surface area contributed by atoms with E-state index in [2.05, 4.69) is 22.2 Å². The molecule has 1 amide bonds. The van der Waals surface area contributed by atoms with Gasteiger partial charge in [0.25, 0.3) is 5.91 Å². The van der Waals surface area contributed by atoms with Crippen molar-refractivity contribution in [2.75, 3.05) is 53.6 Å². The average Bonchev–Trinajstić information content (AvgIpc) is 3.00. The molecule has 46 heavy (non-hydrogen) atoms. The van der Waals surface area contributed by atoms with Crippen molar-refractivity contribution < 1.29 is 31.5 Å². The fourth-order valence-corrected chi connectivity index (χ4v) is 6.99. The molecule has 2 unspecified atom stereocenters. The van der Waals surface area contributed by atoms with Crippen LogP contribution in [-0.2, 0) is 17.3 Å². The predicted molar refractivity (Wildman–Crippen MR) is 171 cm³/mol. The highest BCUT2D eigenvalue weighted by Gasteiger charge is 2.40. The van der Waals surface area contributed by atoms with E-state index < -0.39 is 23.2 Å². The van der Waals surface area contributed by atoms with Crippen molar-refractivity contribution in [3.05, 3.63) is 94.6 Å². The van der Waals surface area contributed by atoms with Gasteiger partial charge in [0.2, 0.25) is 0 Å². The topological polar surface area (TPSA) is 70.8 Å². The Bertz CT molecular complexity index is 1460. The maximum absolute atomic E-state index is 13.5. The minimum absolute atomic E-state index is 0.0534. The van der Waals surface area contributed by atoms with Crippen molar-refractivity contribution >= 4 is 17.7 Å². The molecular weight excluding hydrogens is 623 g/mol. The van der Waals surface area contributed by atoms with Gasteiger partial charge in [0.1, 0.15) is 17.4 Å². The third-order valence-electron chi connectivity index (χ3n) is 8.63. The van der Waals surface area contributed by atoms with Crippen LogP contribution < -0.4 is 15.8 Å². The first-order chi connectivity index (χ1) is 21.7. The van der Waals surface area contributed by atoms with Gasteiger partial charge in [-0.15, -0.1) is 11.8 Å². The molecule has 2 fully saturated rings. The Morgan fingerprint density at radius 3 is 1.93 bits per heavy atom. The van der Waals surface area contributed by atoms with Gasteiger partial charge in [0.15, 0.2) is 0 Å². The predicted octanol–water partition coefficient (Wildman–Crippen LogP) is 6.63. The minimum atomic E-state index is -4.56. The lowest BCUT2D eigenvalue weighted by Crippen LogP contribution is -2.55. The van der Waals surface area contributed by atoms with Crippen LogP contribution >= 0.6 is 11.8 Å². The van der Waals surface area contributed by atoms with E-state index in [1.165, 1.54) is 31.4 Å². The number of likely N-dealkylation sites (N-methyl/N-ethyl adjacent to an activating group) is 2. The number of carbonyl (C=O) groups is 1. The van der Waals surface area contributed by atoms with Crippen molar-refractivity contribution in [3.63, 3.8) is 0 Å². The van der Waals surface area contributed by atoms with Crippen molar-refractivity contribution in [2.24, 2.45) is 5.73 Å². The number of rotatable bonds is 6. The minimum Gasteiger partial charge on any atom is -0.496 e. The van der Waals surface area contributed by atoms with Gasteiger partial charge < -0.3 is 25.6 Å². The van der Waals surface area contributed by atoms with Crippen LogP contribution in [0.1, 0.15) is 52.7 Å². The lowest BCUT2D eigenvalue weighted by Gasteiger charge is -2.42. The number of carbonyl (C=O) groups excluding carboxylic acids is 1. The zero-order chi connectivity index (χ0) is 33.7. The summed E-state index contributed by atoms with van der Waals surface area (Å²) in [6.45, 7) is 3.28. The number of likely N-dealkylation sites (tertiary alicyclic amines) is 2. The second-order valence-electron chi connectivity index (χ2n) is 12.1. The van der Waals surface area contributed by atoms with E-state index in [-0.39, 0.29) is 33.4 Å². The van der Waals surface area contributed by atoms with E-state index in [1.807, 2.05) is 7.05 Å². The van der Waals surface area contributed by atoms with E-state index >= 15 is 0 Å². The number of halogens is 5. The summed E-state index contributed by atoms with van der Waals surface area (Å²) in [4.78, 5) is 17.9. The molecule has 0 aliphatic carbocycles. The molecule has 3 aromatic carbocycles. The number of nitrogens with one attached hydrogen (secondary N) is 1. The maximum atomic E-state index is 13.5. The molecule has 0 saturated carbocycles. The summed E-state index contributed by atoms with van der Waals surface area (Å²) in [6.07, 6.45) is 0.539. The molecule has 2 saturated heterocycles. The normalized spacial score (nSPS) is 22.5. The first-order valence-electron chi connectivity index (χ1n) is 15.0. The van der Waals surface area contributed by atoms with Gasteiger partial charge in [-0.3, -0.25) is 4.79 Å². The molecule has 3 aromatic rings. The number of benzene rings is 3. The summed E-state index contributed by atoms with van der Waals surface area (Å²) in [5, 5.41) is 3.04. The van der Waals surface area contributed by atoms with Gasteiger partial charge in [0.05, 0.1) is 29.3 Å². The molecular formula is C34H41F5N4O2S. The van der Waals surface area contributed by atoms with Gasteiger partial charge >= 0.3 is 6.18 Å². The number of methoxy groups -OCH3 is 1. The number of ether oxygens (including phenoxy) is 1. The fraction of sp³-hybridized carbons (Fsp3) is 0.441. The van der Waals surface area contributed by atoms with Crippen molar-refractivity contribution in [1.29, 1.82) is 0 Å². The Morgan fingerprint density at radius 1 is 0.891 bits per heavy atom. The highest BCUT2D eigenvalue weighted by Crippen LogP contribution is 2.39. The van der Waals surface area contributed by atoms with Gasteiger partial charge in [0, 0.05) is 18.0 Å². The molecule has 2 aliphatic heterocycles. The summed E-state index contributed by atoms with van der Waals surface area (Å²) in [5.41, 5.74) is 6.20. The zero-order valence-corrected chi connectivity index (χ0v) is 27.3. The monoisotopic (exact) mass is 664 g/mol. The molecule has 0 bridgehead atoms. The number of amides is 1. The highest BCUT2D eigenvalue weighted by atomic mass is 32.2. The summed E-state index contributed by atoms with van der Waals surface area (Å²) in [7, 11) is 5.24. The molecule has 6 nitrogen and oxygen atoms in total. The van der Waals surface area contributed by atoms with Crippen molar-refractivity contribution in [1.82, 2.24) is 15.1 Å². The van der Waals surface area contributed by atoms with Crippen LogP contribution in [-0.4, -0.2) is 69.3 Å². The molecule has 0 radical (unpaired) electrons. The smallest absolute Gasteiger partial charge is 0.416 e. The lowest BCUT2D eigenvalue weighted by atomic mass is 9.82. The molecule has 250 valence electrons. The largest absolute Gasteiger partial charge is 0.496 e. The summed E-state index contributed by atoms with van der Waals surface area (Å²) in [6, 6.07) is 14.3. The number of nitrogens with zero attached hydrogens (tertiary/aromatic N) is 2. The third-order valence-corrected chi connectivity index (χ3v) is 9.39. The molecule has 5 rings (SSSR count). The van der Waals surface area contributed by atoms with Crippen LogP contribution in [0.15, 0.2) is 65.6 Å². The van der Waals surface area contributed by atoms with Gasteiger partial charge in [-0.25, -0.2) is 8.78 Å². The Hall–Kier alpha value is -3.19. The van der Waals surface area contributed by atoms with Gasteiger partial charge in [-0.1, -0.05) is 24.3 Å². The van der Waals surface area contributed by atoms with Crippen LogP contribution in [0.4, 0.5) is 22.0 Å². The number of piperidine rings is 2. The highest BCUT2D eigenvalue weighted by molar-refractivity contribution is 7.98. The molecule has 0 spiro atoms. The van der Waals surface area contributed by atoms with Crippen LogP contribution in [0, 0.1) is 11.6 Å². The summed E-state index contributed by atoms with van der Waals surface area (Å²) >= 11 is 1.04. The van der Waals surface area contributed by atoms with Crippen LogP contribution in [0.5, 0.6) is 5.75 Å². The second-order valence-corrected chi connectivity index (χ2v) is 13.0.